The minimum absolute atomic E-state index is 0.0887. The Hall–Kier alpha value is -3.54. The standard InChI is InChI=1S/C26H27N5O5S/c32-22-16-7-8-20(30-12-14-36-15-13-30)28-23(16)31-17-4-1-2-6-19(17)37-25(31)21(22)24(33)27-9-11-29-10-3-5-18(29)26(34)35/h1-2,4,6-8,18H,3,5,9-15H2,(H,27,33)(H,34,35)/t18-/m0/s1. The first-order valence-electron chi connectivity index (χ1n) is 12.5. The van der Waals surface area contributed by atoms with Crippen molar-refractivity contribution in [2.75, 3.05) is 50.8 Å². The van der Waals surface area contributed by atoms with Gasteiger partial charge in [0.15, 0.2) is 5.65 Å². The predicted octanol–water partition coefficient (Wildman–Crippen LogP) is 2.18. The quantitative estimate of drug-likeness (QED) is 0.397. The number of nitrogens with zero attached hydrogens (tertiary/aromatic N) is 4. The number of para-hydroxylation sites is 1. The van der Waals surface area contributed by atoms with E-state index >= 15 is 0 Å². The monoisotopic (exact) mass is 521 g/mol. The molecule has 2 saturated heterocycles. The Kier molecular flexibility index (Phi) is 6.27. The molecule has 192 valence electrons. The zero-order chi connectivity index (χ0) is 25.5. The number of benzene rings is 1. The van der Waals surface area contributed by atoms with Gasteiger partial charge < -0.3 is 20.1 Å². The number of anilines is 1. The van der Waals surface area contributed by atoms with Gasteiger partial charge in [0.25, 0.3) is 5.91 Å². The lowest BCUT2D eigenvalue weighted by Crippen LogP contribution is -2.41. The van der Waals surface area contributed by atoms with Crippen LogP contribution in [-0.2, 0) is 9.53 Å². The zero-order valence-corrected chi connectivity index (χ0v) is 21.0. The first-order chi connectivity index (χ1) is 18.0. The van der Waals surface area contributed by atoms with E-state index in [2.05, 4.69) is 10.2 Å². The van der Waals surface area contributed by atoms with Crippen LogP contribution in [0.4, 0.5) is 5.82 Å². The number of aromatic nitrogens is 2. The van der Waals surface area contributed by atoms with Gasteiger partial charge in [-0.2, -0.15) is 0 Å². The van der Waals surface area contributed by atoms with Crippen molar-refractivity contribution >= 4 is 55.1 Å². The maximum absolute atomic E-state index is 13.7. The Bertz CT molecular complexity index is 1570. The molecule has 3 aromatic heterocycles. The van der Waals surface area contributed by atoms with E-state index in [1.807, 2.05) is 39.6 Å². The minimum atomic E-state index is -0.840. The maximum atomic E-state index is 13.7. The van der Waals surface area contributed by atoms with E-state index in [0.717, 1.165) is 35.5 Å². The molecule has 1 atom stereocenters. The molecule has 6 rings (SSSR count). The van der Waals surface area contributed by atoms with Crippen LogP contribution in [0.5, 0.6) is 0 Å². The molecular formula is C26H27N5O5S. The number of carbonyl (C=O) groups is 2. The van der Waals surface area contributed by atoms with Crippen LogP contribution in [-0.4, -0.2) is 83.2 Å². The van der Waals surface area contributed by atoms with Gasteiger partial charge in [-0.25, -0.2) is 4.98 Å². The number of carboxylic acid groups (broad SMARTS) is 1. The molecule has 5 heterocycles. The molecule has 2 N–H and O–H groups in total. The van der Waals surface area contributed by atoms with Crippen LogP contribution in [0.1, 0.15) is 23.2 Å². The van der Waals surface area contributed by atoms with Crippen LogP contribution in [0.15, 0.2) is 41.2 Å². The topological polar surface area (TPSA) is 116 Å². The fourth-order valence-electron chi connectivity index (χ4n) is 5.32. The molecule has 0 spiro atoms. The van der Waals surface area contributed by atoms with Crippen LogP contribution >= 0.6 is 11.3 Å². The summed E-state index contributed by atoms with van der Waals surface area (Å²) < 4.78 is 8.33. The second-order valence-corrected chi connectivity index (χ2v) is 10.4. The number of carbonyl (C=O) groups excluding carboxylic acids is 1. The minimum Gasteiger partial charge on any atom is -0.480 e. The third-order valence-corrected chi connectivity index (χ3v) is 8.31. The third kappa shape index (κ3) is 4.22. The summed E-state index contributed by atoms with van der Waals surface area (Å²) in [5.74, 6) is -0.526. The molecule has 2 aliphatic rings. The molecule has 1 amide bonds. The number of amides is 1. The molecule has 1 aromatic carbocycles. The number of pyridine rings is 2. The summed E-state index contributed by atoms with van der Waals surface area (Å²) in [4.78, 5) is 48.0. The van der Waals surface area contributed by atoms with Crippen molar-refractivity contribution in [3.05, 3.63) is 52.2 Å². The summed E-state index contributed by atoms with van der Waals surface area (Å²) in [5.41, 5.74) is 1.14. The first kappa shape index (κ1) is 23.8. The van der Waals surface area contributed by atoms with Crippen molar-refractivity contribution in [2.24, 2.45) is 0 Å². The first-order valence-corrected chi connectivity index (χ1v) is 13.3. The molecule has 10 nitrogen and oxygen atoms in total. The van der Waals surface area contributed by atoms with Gasteiger partial charge in [-0.1, -0.05) is 12.1 Å². The van der Waals surface area contributed by atoms with E-state index in [1.54, 1.807) is 6.07 Å². The number of fused-ring (bicyclic) bond motifs is 5. The number of likely N-dealkylation sites (tertiary alicyclic amines) is 1. The Labute approximate surface area is 216 Å². The molecule has 0 aliphatic carbocycles. The predicted molar refractivity (Wildman–Crippen MR) is 142 cm³/mol. The zero-order valence-electron chi connectivity index (χ0n) is 20.2. The summed E-state index contributed by atoms with van der Waals surface area (Å²) >= 11 is 1.39. The third-order valence-electron chi connectivity index (χ3n) is 7.17. The molecule has 2 fully saturated rings. The molecule has 11 heteroatoms. The number of morpholine rings is 1. The lowest BCUT2D eigenvalue weighted by Gasteiger charge is -2.28. The van der Waals surface area contributed by atoms with Crippen molar-refractivity contribution in [3.63, 3.8) is 0 Å². The van der Waals surface area contributed by atoms with Crippen molar-refractivity contribution in [2.45, 2.75) is 18.9 Å². The Morgan fingerprint density at radius 3 is 2.76 bits per heavy atom. The van der Waals surface area contributed by atoms with Gasteiger partial charge in [-0.05, 0) is 43.7 Å². The maximum Gasteiger partial charge on any atom is 0.320 e. The van der Waals surface area contributed by atoms with Gasteiger partial charge in [0, 0.05) is 26.2 Å². The van der Waals surface area contributed by atoms with Crippen LogP contribution in [0.25, 0.3) is 26.1 Å². The SMILES string of the molecule is O=C(NCCN1CCC[C@H]1C(=O)O)c1c(=O)c2ccc(N3CCOCC3)nc2n2c1sc1ccccc12. The number of thiazole rings is 1. The lowest BCUT2D eigenvalue weighted by molar-refractivity contribution is -0.142. The van der Waals surface area contributed by atoms with E-state index < -0.39 is 17.9 Å². The van der Waals surface area contributed by atoms with Crippen molar-refractivity contribution < 1.29 is 19.4 Å². The summed E-state index contributed by atoms with van der Waals surface area (Å²) in [6.07, 6.45) is 1.43. The van der Waals surface area contributed by atoms with Crippen LogP contribution < -0.4 is 15.6 Å². The van der Waals surface area contributed by atoms with Gasteiger partial charge in [-0.3, -0.25) is 23.7 Å². The highest BCUT2D eigenvalue weighted by molar-refractivity contribution is 7.24. The summed E-state index contributed by atoms with van der Waals surface area (Å²) in [6.45, 7) is 4.05. The number of nitrogens with one attached hydrogen (secondary N) is 1. The highest BCUT2D eigenvalue weighted by Crippen LogP contribution is 2.31. The van der Waals surface area contributed by atoms with E-state index in [4.69, 9.17) is 9.72 Å². The van der Waals surface area contributed by atoms with Crippen molar-refractivity contribution in [3.8, 4) is 0 Å². The number of aliphatic carboxylic acids is 1. The molecule has 0 saturated carbocycles. The highest BCUT2D eigenvalue weighted by atomic mass is 32.1. The Morgan fingerprint density at radius 1 is 1.14 bits per heavy atom. The van der Waals surface area contributed by atoms with Gasteiger partial charge in [0.2, 0.25) is 5.43 Å². The average Bonchev–Trinajstić information content (AvgIpc) is 3.54. The molecule has 0 bridgehead atoms. The van der Waals surface area contributed by atoms with Gasteiger partial charge >= 0.3 is 5.97 Å². The van der Waals surface area contributed by atoms with Crippen molar-refractivity contribution in [1.29, 1.82) is 0 Å². The van der Waals surface area contributed by atoms with E-state index in [1.165, 1.54) is 11.3 Å². The molecule has 0 unspecified atom stereocenters. The van der Waals surface area contributed by atoms with Gasteiger partial charge in [-0.15, -0.1) is 11.3 Å². The summed E-state index contributed by atoms with van der Waals surface area (Å²) in [5, 5.41) is 12.7. The molecule has 2 aliphatic heterocycles. The normalized spacial score (nSPS) is 18.7. The average molecular weight is 522 g/mol. The molecule has 37 heavy (non-hydrogen) atoms. The smallest absolute Gasteiger partial charge is 0.320 e. The summed E-state index contributed by atoms with van der Waals surface area (Å²) in [7, 11) is 0. The number of ether oxygens (including phenoxy) is 1. The second kappa shape index (κ2) is 9.73. The van der Waals surface area contributed by atoms with E-state index in [0.29, 0.717) is 48.6 Å². The van der Waals surface area contributed by atoms with Gasteiger partial charge in [0.05, 0.1) is 28.8 Å². The number of carboxylic acids is 1. The Balaban J connectivity index is 1.40. The molecule has 0 radical (unpaired) electrons. The van der Waals surface area contributed by atoms with E-state index in [9.17, 15) is 19.5 Å². The van der Waals surface area contributed by atoms with Crippen LogP contribution in [0, 0.1) is 0 Å². The fraction of sp³-hybridized carbons (Fsp3) is 0.385. The highest BCUT2D eigenvalue weighted by Gasteiger charge is 2.30. The molecular weight excluding hydrogens is 494 g/mol. The fourth-order valence-corrected chi connectivity index (χ4v) is 6.50. The largest absolute Gasteiger partial charge is 0.480 e. The Morgan fingerprint density at radius 2 is 1.95 bits per heavy atom. The van der Waals surface area contributed by atoms with Crippen LogP contribution in [0.3, 0.4) is 0 Å². The van der Waals surface area contributed by atoms with Crippen LogP contribution in [0.2, 0.25) is 0 Å². The van der Waals surface area contributed by atoms with E-state index in [-0.39, 0.29) is 17.5 Å². The lowest BCUT2D eigenvalue weighted by atomic mass is 10.1. The summed E-state index contributed by atoms with van der Waals surface area (Å²) in [6, 6.07) is 10.9. The van der Waals surface area contributed by atoms with Gasteiger partial charge in [0.1, 0.15) is 22.3 Å². The number of rotatable bonds is 6. The number of hydrogen-bond donors (Lipinski definition) is 2. The molecule has 4 aromatic rings. The number of hydrogen-bond acceptors (Lipinski definition) is 8. The second-order valence-electron chi connectivity index (χ2n) is 9.34. The van der Waals surface area contributed by atoms with Crippen molar-refractivity contribution in [1.82, 2.24) is 19.6 Å².